The van der Waals surface area contributed by atoms with E-state index in [-0.39, 0.29) is 12.0 Å². The molecule has 0 saturated carbocycles. The van der Waals surface area contributed by atoms with Gasteiger partial charge in [0.05, 0.1) is 30.1 Å². The molecule has 4 rings (SSSR count). The highest BCUT2D eigenvalue weighted by atomic mass is 35.5. The summed E-state index contributed by atoms with van der Waals surface area (Å²) >= 11 is 5.85. The second-order valence-electron chi connectivity index (χ2n) is 7.93. The molecule has 32 heavy (non-hydrogen) atoms. The highest BCUT2D eigenvalue weighted by molar-refractivity contribution is 7.93. The summed E-state index contributed by atoms with van der Waals surface area (Å²) in [4.78, 5) is 8.33. The summed E-state index contributed by atoms with van der Waals surface area (Å²) in [5, 5.41) is 8.00. The molecule has 2 aromatic rings. The first-order valence-electron chi connectivity index (χ1n) is 10.6. The lowest BCUT2D eigenvalue weighted by molar-refractivity contribution is -0.0956. The van der Waals surface area contributed by atoms with Crippen molar-refractivity contribution in [2.75, 3.05) is 37.8 Å². The molecule has 2 aliphatic heterocycles. The Morgan fingerprint density at radius 2 is 1.81 bits per heavy atom. The maximum Gasteiger partial charge on any atom is 0.238 e. The lowest BCUT2D eigenvalue weighted by Crippen LogP contribution is -2.33. The molecule has 0 radical (unpaired) electrons. The summed E-state index contributed by atoms with van der Waals surface area (Å²) in [6.07, 6.45) is 3.94. The Balaban J connectivity index is 1.60. The van der Waals surface area contributed by atoms with E-state index in [4.69, 9.17) is 25.8 Å². The van der Waals surface area contributed by atoms with E-state index in [1.54, 1.807) is 13.8 Å². The highest BCUT2D eigenvalue weighted by Crippen LogP contribution is 2.32. The third-order valence-corrected chi connectivity index (χ3v) is 7.91. The maximum absolute atomic E-state index is 13.2. The Morgan fingerprint density at radius 3 is 2.47 bits per heavy atom. The van der Waals surface area contributed by atoms with E-state index in [1.165, 1.54) is 12.4 Å². The Morgan fingerprint density at radius 1 is 1.09 bits per heavy atom. The minimum absolute atomic E-state index is 0.00990. The van der Waals surface area contributed by atoms with Crippen molar-refractivity contribution in [3.05, 3.63) is 29.1 Å². The SMILES string of the molecule is CC(c1ncc(Cl)cn1)C(C)S(=O)(=O)Nc1nnc([C@@H]2COCCO2)n1C1CCOCC1. The smallest absolute Gasteiger partial charge is 0.238 e. The summed E-state index contributed by atoms with van der Waals surface area (Å²) in [6.45, 7) is 5.84. The van der Waals surface area contributed by atoms with Gasteiger partial charge in [0.1, 0.15) is 11.9 Å². The number of nitrogens with zero attached hydrogens (tertiary/aromatic N) is 5. The van der Waals surface area contributed by atoms with E-state index in [1.807, 2.05) is 4.57 Å². The Labute approximate surface area is 191 Å². The van der Waals surface area contributed by atoms with E-state index < -0.39 is 27.3 Å². The van der Waals surface area contributed by atoms with E-state index in [0.29, 0.717) is 49.7 Å². The summed E-state index contributed by atoms with van der Waals surface area (Å²) in [7, 11) is -3.84. The molecular formula is C19H27ClN6O5S. The second kappa shape index (κ2) is 9.96. The summed E-state index contributed by atoms with van der Waals surface area (Å²) < 4.78 is 47.8. The molecule has 4 heterocycles. The van der Waals surface area contributed by atoms with Crippen LogP contribution in [-0.2, 0) is 24.2 Å². The van der Waals surface area contributed by atoms with Gasteiger partial charge in [0.15, 0.2) is 5.82 Å². The zero-order chi connectivity index (χ0) is 22.7. The molecule has 1 N–H and O–H groups in total. The van der Waals surface area contributed by atoms with Crippen molar-refractivity contribution >= 4 is 27.6 Å². The van der Waals surface area contributed by atoms with E-state index in [2.05, 4.69) is 24.9 Å². The van der Waals surface area contributed by atoms with Crippen LogP contribution in [0.15, 0.2) is 12.4 Å². The predicted molar refractivity (Wildman–Crippen MR) is 116 cm³/mol. The first-order chi connectivity index (χ1) is 15.4. The fourth-order valence-electron chi connectivity index (χ4n) is 3.79. The highest BCUT2D eigenvalue weighted by Gasteiger charge is 2.34. The number of nitrogens with one attached hydrogen (secondary N) is 1. The normalized spacial score (nSPS) is 22.4. The molecule has 2 aromatic heterocycles. The Bertz CT molecular complexity index is 1010. The van der Waals surface area contributed by atoms with Crippen LogP contribution in [0.3, 0.4) is 0 Å². The van der Waals surface area contributed by atoms with Gasteiger partial charge in [0, 0.05) is 37.6 Å². The minimum atomic E-state index is -3.84. The average Bonchev–Trinajstić information content (AvgIpc) is 3.22. The topological polar surface area (TPSA) is 130 Å². The van der Waals surface area contributed by atoms with E-state index in [9.17, 15) is 8.42 Å². The van der Waals surface area contributed by atoms with Crippen molar-refractivity contribution in [2.45, 2.75) is 50.0 Å². The van der Waals surface area contributed by atoms with Crippen LogP contribution in [0.2, 0.25) is 5.02 Å². The van der Waals surface area contributed by atoms with Crippen LogP contribution < -0.4 is 4.72 Å². The number of rotatable bonds is 7. The number of sulfonamides is 1. The van der Waals surface area contributed by atoms with Gasteiger partial charge in [-0.15, -0.1) is 10.2 Å². The van der Waals surface area contributed by atoms with Crippen molar-refractivity contribution in [2.24, 2.45) is 0 Å². The summed E-state index contributed by atoms with van der Waals surface area (Å²) in [5.41, 5.74) is 0. The van der Waals surface area contributed by atoms with Crippen molar-refractivity contribution in [3.63, 3.8) is 0 Å². The molecule has 11 nitrogen and oxygen atoms in total. The lowest BCUT2D eigenvalue weighted by atomic mass is 10.1. The largest absolute Gasteiger partial charge is 0.381 e. The molecule has 2 fully saturated rings. The third-order valence-electron chi connectivity index (χ3n) is 5.86. The fourth-order valence-corrected chi connectivity index (χ4v) is 5.13. The molecule has 2 unspecified atom stereocenters. The summed E-state index contributed by atoms with van der Waals surface area (Å²) in [5.74, 6) is 0.638. The van der Waals surface area contributed by atoms with Gasteiger partial charge in [0.25, 0.3) is 0 Å². The molecule has 0 aromatic carbocycles. The fraction of sp³-hybridized carbons (Fsp3) is 0.684. The van der Waals surface area contributed by atoms with Crippen LogP contribution in [0.5, 0.6) is 0 Å². The quantitative estimate of drug-likeness (QED) is 0.624. The van der Waals surface area contributed by atoms with Crippen molar-refractivity contribution in [3.8, 4) is 0 Å². The molecule has 0 spiro atoms. The average molecular weight is 487 g/mol. The van der Waals surface area contributed by atoms with Crippen LogP contribution in [0.1, 0.15) is 56.4 Å². The monoisotopic (exact) mass is 486 g/mol. The third kappa shape index (κ3) is 5.04. The number of halogens is 1. The number of aromatic nitrogens is 5. The van der Waals surface area contributed by atoms with Crippen LogP contribution in [-0.4, -0.2) is 71.4 Å². The molecular weight excluding hydrogens is 460 g/mol. The summed E-state index contributed by atoms with van der Waals surface area (Å²) in [6, 6.07) is -0.00990. The minimum Gasteiger partial charge on any atom is -0.381 e. The molecule has 3 atom stereocenters. The van der Waals surface area contributed by atoms with Gasteiger partial charge in [-0.05, 0) is 19.8 Å². The lowest BCUT2D eigenvalue weighted by Gasteiger charge is -2.29. The van der Waals surface area contributed by atoms with E-state index >= 15 is 0 Å². The van der Waals surface area contributed by atoms with E-state index in [0.717, 1.165) is 12.8 Å². The predicted octanol–water partition coefficient (Wildman–Crippen LogP) is 2.09. The van der Waals surface area contributed by atoms with Gasteiger partial charge in [-0.2, -0.15) is 0 Å². The zero-order valence-corrected chi connectivity index (χ0v) is 19.5. The van der Waals surface area contributed by atoms with Gasteiger partial charge in [-0.1, -0.05) is 18.5 Å². The second-order valence-corrected chi connectivity index (χ2v) is 10.4. The number of hydrogen-bond donors (Lipinski definition) is 1. The van der Waals surface area contributed by atoms with Gasteiger partial charge >= 0.3 is 0 Å². The molecule has 2 aliphatic rings. The zero-order valence-electron chi connectivity index (χ0n) is 18.0. The molecule has 13 heteroatoms. The molecule has 0 aliphatic carbocycles. The van der Waals surface area contributed by atoms with Crippen molar-refractivity contribution in [1.29, 1.82) is 0 Å². The standard InChI is InChI=1S/C19H27ClN6O5S/c1-12(17-21-9-14(20)10-22-17)13(2)32(27,28)25-19-24-23-18(16-11-30-7-8-31-16)26(19)15-3-5-29-6-4-15/h9-10,12-13,15-16H,3-8,11H2,1-2H3,(H,24,25)/t12?,13?,16-/m0/s1. The van der Waals surface area contributed by atoms with Crippen LogP contribution in [0.25, 0.3) is 0 Å². The maximum atomic E-state index is 13.2. The van der Waals surface area contributed by atoms with Gasteiger partial charge < -0.3 is 14.2 Å². The van der Waals surface area contributed by atoms with Gasteiger partial charge in [-0.25, -0.2) is 18.4 Å². The molecule has 0 bridgehead atoms. The molecule has 0 amide bonds. The van der Waals surface area contributed by atoms with Gasteiger partial charge in [-0.3, -0.25) is 9.29 Å². The van der Waals surface area contributed by atoms with Crippen LogP contribution in [0, 0.1) is 0 Å². The Hall–Kier alpha value is -1.86. The van der Waals surface area contributed by atoms with Crippen molar-refractivity contribution in [1.82, 2.24) is 24.7 Å². The first kappa shape index (κ1) is 23.3. The van der Waals surface area contributed by atoms with Crippen molar-refractivity contribution < 1.29 is 22.6 Å². The molecule has 176 valence electrons. The molecule has 2 saturated heterocycles. The number of ether oxygens (including phenoxy) is 3. The number of anilines is 1. The van der Waals surface area contributed by atoms with Gasteiger partial charge in [0.2, 0.25) is 16.0 Å². The Kier molecular flexibility index (Phi) is 7.25. The van der Waals surface area contributed by atoms with Crippen LogP contribution >= 0.6 is 11.6 Å². The first-order valence-corrected chi connectivity index (χ1v) is 12.5. The number of hydrogen-bond acceptors (Lipinski definition) is 9. The van der Waals surface area contributed by atoms with Crippen LogP contribution in [0.4, 0.5) is 5.95 Å².